The van der Waals surface area contributed by atoms with Crippen LogP contribution in [-0.4, -0.2) is 49.0 Å². The van der Waals surface area contributed by atoms with Crippen molar-refractivity contribution < 1.29 is 9.53 Å². The highest BCUT2D eigenvalue weighted by Gasteiger charge is 2.55. The SMILES string of the molecule is COc1cccc(CN2CCN(C(=O)C34CC5CC(CC(C5)C3)C4)CC2)c1. The first-order chi connectivity index (χ1) is 13.1. The van der Waals surface area contributed by atoms with Crippen LogP contribution in [0, 0.1) is 23.2 Å². The Morgan fingerprint density at radius 3 is 2.26 bits per heavy atom. The third-order valence-electron chi connectivity index (χ3n) is 7.69. The van der Waals surface area contributed by atoms with E-state index in [9.17, 15) is 4.79 Å². The van der Waals surface area contributed by atoms with E-state index in [1.54, 1.807) is 7.11 Å². The number of hydrogen-bond acceptors (Lipinski definition) is 3. The predicted octanol–water partition coefficient (Wildman–Crippen LogP) is 3.56. The normalized spacial score (nSPS) is 35.4. The van der Waals surface area contributed by atoms with E-state index in [0.717, 1.165) is 56.2 Å². The largest absolute Gasteiger partial charge is 0.497 e. The average Bonchev–Trinajstić information content (AvgIpc) is 2.67. The smallest absolute Gasteiger partial charge is 0.228 e. The lowest BCUT2D eigenvalue weighted by Crippen LogP contribution is -2.58. The average molecular weight is 369 g/mol. The Labute approximate surface area is 162 Å². The fraction of sp³-hybridized carbons (Fsp3) is 0.696. The van der Waals surface area contributed by atoms with Gasteiger partial charge in [0.05, 0.1) is 12.5 Å². The molecule has 5 fully saturated rings. The highest BCUT2D eigenvalue weighted by atomic mass is 16.5. The lowest BCUT2D eigenvalue weighted by molar-refractivity contribution is -0.159. The van der Waals surface area contributed by atoms with Gasteiger partial charge in [-0.05, 0) is 74.0 Å². The highest BCUT2D eigenvalue weighted by molar-refractivity contribution is 5.83. The number of carbonyl (C=O) groups is 1. The summed E-state index contributed by atoms with van der Waals surface area (Å²) in [5.41, 5.74) is 1.30. The van der Waals surface area contributed by atoms with Gasteiger partial charge in [-0.2, -0.15) is 0 Å². The van der Waals surface area contributed by atoms with Crippen molar-refractivity contribution in [3.05, 3.63) is 29.8 Å². The van der Waals surface area contributed by atoms with Crippen LogP contribution in [0.2, 0.25) is 0 Å². The van der Waals surface area contributed by atoms with Crippen LogP contribution in [0.25, 0.3) is 0 Å². The lowest BCUT2D eigenvalue weighted by atomic mass is 9.49. The number of rotatable bonds is 4. The molecule has 1 heterocycles. The Balaban J connectivity index is 1.20. The van der Waals surface area contributed by atoms with Crippen LogP contribution in [0.15, 0.2) is 24.3 Å². The number of ether oxygens (including phenoxy) is 1. The van der Waals surface area contributed by atoms with Crippen molar-refractivity contribution in [1.29, 1.82) is 0 Å². The molecule has 146 valence electrons. The summed E-state index contributed by atoms with van der Waals surface area (Å²) < 4.78 is 5.34. The molecule has 5 aliphatic rings. The van der Waals surface area contributed by atoms with Gasteiger partial charge in [-0.3, -0.25) is 9.69 Å². The Morgan fingerprint density at radius 2 is 1.67 bits per heavy atom. The van der Waals surface area contributed by atoms with Crippen LogP contribution in [0.4, 0.5) is 0 Å². The Kier molecular flexibility index (Phi) is 4.42. The summed E-state index contributed by atoms with van der Waals surface area (Å²) >= 11 is 0. The maximum atomic E-state index is 13.5. The number of benzene rings is 1. The Bertz CT molecular complexity index is 673. The molecule has 1 aromatic rings. The Hall–Kier alpha value is -1.55. The number of amides is 1. The van der Waals surface area contributed by atoms with E-state index in [-0.39, 0.29) is 5.41 Å². The molecule has 0 N–H and O–H groups in total. The van der Waals surface area contributed by atoms with E-state index in [4.69, 9.17) is 4.74 Å². The molecule has 4 saturated carbocycles. The van der Waals surface area contributed by atoms with Crippen molar-refractivity contribution in [3.8, 4) is 5.75 Å². The fourth-order valence-corrected chi connectivity index (χ4v) is 6.85. The first-order valence-corrected chi connectivity index (χ1v) is 10.8. The molecular weight excluding hydrogens is 336 g/mol. The van der Waals surface area contributed by atoms with Crippen molar-refractivity contribution in [2.45, 2.75) is 45.1 Å². The van der Waals surface area contributed by atoms with Gasteiger partial charge in [-0.25, -0.2) is 0 Å². The van der Waals surface area contributed by atoms with Gasteiger partial charge in [-0.1, -0.05) is 12.1 Å². The number of nitrogens with zero attached hydrogens (tertiary/aromatic N) is 2. The van der Waals surface area contributed by atoms with E-state index in [2.05, 4.69) is 28.0 Å². The van der Waals surface area contributed by atoms with E-state index >= 15 is 0 Å². The van der Waals surface area contributed by atoms with Gasteiger partial charge in [0.1, 0.15) is 5.75 Å². The zero-order valence-corrected chi connectivity index (χ0v) is 16.5. The molecule has 4 bridgehead atoms. The molecule has 6 rings (SSSR count). The van der Waals surface area contributed by atoms with Crippen LogP contribution in [0.1, 0.15) is 44.1 Å². The van der Waals surface area contributed by atoms with Gasteiger partial charge in [0.25, 0.3) is 0 Å². The van der Waals surface area contributed by atoms with Gasteiger partial charge in [-0.15, -0.1) is 0 Å². The monoisotopic (exact) mass is 368 g/mol. The van der Waals surface area contributed by atoms with Crippen LogP contribution in [-0.2, 0) is 11.3 Å². The quantitative estimate of drug-likeness (QED) is 0.815. The molecule has 0 radical (unpaired) electrons. The van der Waals surface area contributed by atoms with E-state index < -0.39 is 0 Å². The van der Waals surface area contributed by atoms with Gasteiger partial charge in [0.15, 0.2) is 0 Å². The minimum atomic E-state index is 0.0176. The minimum absolute atomic E-state index is 0.0176. The maximum absolute atomic E-state index is 13.5. The molecule has 27 heavy (non-hydrogen) atoms. The third kappa shape index (κ3) is 3.26. The molecule has 1 aromatic carbocycles. The standard InChI is InChI=1S/C23H32N2O2/c1-27-21-4-2-3-17(12-21)16-24-5-7-25(8-6-24)22(26)23-13-18-9-19(14-23)11-20(10-18)15-23/h2-4,12,18-20H,5-11,13-16H2,1H3. The first kappa shape index (κ1) is 17.5. The fourth-order valence-electron chi connectivity index (χ4n) is 6.85. The van der Waals surface area contributed by atoms with Gasteiger partial charge >= 0.3 is 0 Å². The van der Waals surface area contributed by atoms with Crippen LogP contribution >= 0.6 is 0 Å². The number of hydrogen-bond donors (Lipinski definition) is 0. The summed E-state index contributed by atoms with van der Waals surface area (Å²) in [7, 11) is 1.72. The third-order valence-corrected chi connectivity index (χ3v) is 7.69. The highest BCUT2D eigenvalue weighted by Crippen LogP contribution is 2.60. The molecule has 0 atom stereocenters. The maximum Gasteiger partial charge on any atom is 0.228 e. The molecule has 0 spiro atoms. The molecule has 1 amide bonds. The van der Waals surface area contributed by atoms with Crippen molar-refractivity contribution >= 4 is 5.91 Å². The predicted molar refractivity (Wildman–Crippen MR) is 105 cm³/mol. The van der Waals surface area contributed by atoms with E-state index in [1.165, 1.54) is 44.1 Å². The van der Waals surface area contributed by atoms with Crippen LogP contribution < -0.4 is 4.74 Å². The topological polar surface area (TPSA) is 32.8 Å². The molecule has 4 aliphatic carbocycles. The van der Waals surface area contributed by atoms with Crippen LogP contribution in [0.3, 0.4) is 0 Å². The summed E-state index contributed by atoms with van der Waals surface area (Å²) in [6.07, 6.45) is 7.76. The summed E-state index contributed by atoms with van der Waals surface area (Å²) in [6, 6.07) is 8.33. The lowest BCUT2D eigenvalue weighted by Gasteiger charge is -2.57. The second kappa shape index (κ2) is 6.80. The molecular formula is C23H32N2O2. The number of methoxy groups -OCH3 is 1. The van der Waals surface area contributed by atoms with Crippen molar-refractivity contribution in [2.75, 3.05) is 33.3 Å². The summed E-state index contributed by atoms with van der Waals surface area (Å²) in [5, 5.41) is 0. The number of piperazine rings is 1. The first-order valence-electron chi connectivity index (χ1n) is 10.8. The molecule has 4 nitrogen and oxygen atoms in total. The van der Waals surface area contributed by atoms with Crippen molar-refractivity contribution in [2.24, 2.45) is 23.2 Å². The molecule has 1 aliphatic heterocycles. The number of carbonyl (C=O) groups excluding carboxylic acids is 1. The molecule has 0 aromatic heterocycles. The minimum Gasteiger partial charge on any atom is -0.497 e. The van der Waals surface area contributed by atoms with E-state index in [1.807, 2.05) is 6.07 Å². The van der Waals surface area contributed by atoms with Crippen molar-refractivity contribution in [1.82, 2.24) is 9.80 Å². The van der Waals surface area contributed by atoms with Crippen LogP contribution in [0.5, 0.6) is 5.75 Å². The zero-order chi connectivity index (χ0) is 18.4. The molecule has 4 heteroatoms. The summed E-state index contributed by atoms with van der Waals surface area (Å²) in [6.45, 7) is 4.69. The zero-order valence-electron chi connectivity index (χ0n) is 16.5. The van der Waals surface area contributed by atoms with Gasteiger partial charge in [0.2, 0.25) is 5.91 Å². The van der Waals surface area contributed by atoms with Crippen molar-refractivity contribution in [3.63, 3.8) is 0 Å². The van der Waals surface area contributed by atoms with Gasteiger partial charge in [0, 0.05) is 32.7 Å². The second-order valence-electron chi connectivity index (χ2n) is 9.62. The Morgan fingerprint density at radius 1 is 1.04 bits per heavy atom. The van der Waals surface area contributed by atoms with E-state index in [0.29, 0.717) is 5.91 Å². The summed E-state index contributed by atoms with van der Waals surface area (Å²) in [4.78, 5) is 18.2. The van der Waals surface area contributed by atoms with Gasteiger partial charge < -0.3 is 9.64 Å². The molecule has 1 saturated heterocycles. The summed E-state index contributed by atoms with van der Waals surface area (Å²) in [5.74, 6) is 3.95. The second-order valence-corrected chi connectivity index (χ2v) is 9.62. The molecule has 0 unspecified atom stereocenters.